The summed E-state index contributed by atoms with van der Waals surface area (Å²) in [6.07, 6.45) is 4.93. The van der Waals surface area contributed by atoms with Crippen LogP contribution in [0.1, 0.15) is 5.56 Å². The Bertz CT molecular complexity index is 334. The monoisotopic (exact) mass is 270 g/mol. The van der Waals surface area contributed by atoms with E-state index in [4.69, 9.17) is 9.47 Å². The molecule has 1 aromatic rings. The lowest BCUT2D eigenvalue weighted by Crippen LogP contribution is -1.91. The highest BCUT2D eigenvalue weighted by atomic mass is 79.9. The summed E-state index contributed by atoms with van der Waals surface area (Å²) < 4.78 is 11.3. The zero-order valence-corrected chi connectivity index (χ0v) is 10.6. The summed E-state index contributed by atoms with van der Waals surface area (Å²) in [5.74, 6) is 0.917. The molecule has 0 unspecified atom stereocenters. The Kier molecular flexibility index (Phi) is 5.43. The Morgan fingerprint density at radius 3 is 2.73 bits per heavy atom. The molecule has 2 nitrogen and oxygen atoms in total. The molecule has 0 aliphatic carbocycles. The number of hydrogen-bond donors (Lipinski definition) is 0. The van der Waals surface area contributed by atoms with E-state index >= 15 is 0 Å². The van der Waals surface area contributed by atoms with E-state index in [-0.39, 0.29) is 0 Å². The minimum atomic E-state index is 0.649. The van der Waals surface area contributed by atoms with Crippen molar-refractivity contribution in [2.45, 2.75) is 6.42 Å². The molecule has 0 bridgehead atoms. The van der Waals surface area contributed by atoms with Gasteiger partial charge in [-0.25, -0.2) is 0 Å². The average molecular weight is 271 g/mol. The Labute approximate surface area is 99.0 Å². The summed E-state index contributed by atoms with van der Waals surface area (Å²) >= 11 is 3.44. The van der Waals surface area contributed by atoms with Gasteiger partial charge in [-0.1, -0.05) is 28.1 Å². The lowest BCUT2D eigenvalue weighted by molar-refractivity contribution is 0.233. The van der Waals surface area contributed by atoms with E-state index in [1.54, 1.807) is 14.2 Å². The fraction of sp³-hybridized carbons (Fsp3) is 0.333. The summed E-state index contributed by atoms with van der Waals surface area (Å²) in [5, 5.41) is 0. The van der Waals surface area contributed by atoms with Gasteiger partial charge < -0.3 is 9.47 Å². The van der Waals surface area contributed by atoms with Crippen molar-refractivity contribution < 1.29 is 9.47 Å². The van der Waals surface area contributed by atoms with Gasteiger partial charge in [0.15, 0.2) is 0 Å². The van der Waals surface area contributed by atoms with Gasteiger partial charge in [-0.2, -0.15) is 0 Å². The number of rotatable bonds is 5. The van der Waals surface area contributed by atoms with Gasteiger partial charge in [-0.3, -0.25) is 0 Å². The van der Waals surface area contributed by atoms with Crippen molar-refractivity contribution in [2.75, 3.05) is 20.8 Å². The fourth-order valence-corrected chi connectivity index (χ4v) is 1.69. The summed E-state index contributed by atoms with van der Waals surface area (Å²) in [4.78, 5) is 0. The van der Waals surface area contributed by atoms with Crippen LogP contribution in [0.25, 0.3) is 0 Å². The molecular formula is C12H15BrO2. The van der Waals surface area contributed by atoms with Gasteiger partial charge in [-0.05, 0) is 30.2 Å². The molecule has 82 valence electrons. The smallest absolute Gasteiger partial charge is 0.122 e. The molecule has 0 heterocycles. The van der Waals surface area contributed by atoms with Crippen molar-refractivity contribution >= 4 is 15.9 Å². The SMILES string of the molecule is COC/C=C/Cc1cc(Br)ccc1OC. The number of ether oxygens (including phenoxy) is 2. The Hall–Kier alpha value is -0.800. The van der Waals surface area contributed by atoms with Gasteiger partial charge in [0.1, 0.15) is 5.75 Å². The minimum absolute atomic E-state index is 0.649. The molecule has 0 aromatic heterocycles. The predicted molar refractivity (Wildman–Crippen MR) is 65.4 cm³/mol. The molecule has 0 N–H and O–H groups in total. The molecule has 3 heteroatoms. The van der Waals surface area contributed by atoms with Crippen LogP contribution in [0.2, 0.25) is 0 Å². The number of benzene rings is 1. The third-order valence-electron chi connectivity index (χ3n) is 2.01. The normalized spacial score (nSPS) is 10.9. The molecule has 0 saturated heterocycles. The molecule has 0 aliphatic rings. The van der Waals surface area contributed by atoms with Gasteiger partial charge in [0.2, 0.25) is 0 Å². The van der Waals surface area contributed by atoms with Crippen LogP contribution in [0.15, 0.2) is 34.8 Å². The standard InChI is InChI=1S/C12H15BrO2/c1-14-8-4-3-5-10-9-11(13)6-7-12(10)15-2/h3-4,6-7,9H,5,8H2,1-2H3/b4-3+. The van der Waals surface area contributed by atoms with E-state index in [1.165, 1.54) is 5.56 Å². The van der Waals surface area contributed by atoms with Crippen LogP contribution in [-0.4, -0.2) is 20.8 Å². The average Bonchev–Trinajstić information content (AvgIpc) is 2.25. The third kappa shape index (κ3) is 4.06. The maximum Gasteiger partial charge on any atom is 0.122 e. The first kappa shape index (κ1) is 12.3. The number of hydrogen-bond acceptors (Lipinski definition) is 2. The van der Waals surface area contributed by atoms with Gasteiger partial charge in [0, 0.05) is 11.6 Å². The van der Waals surface area contributed by atoms with E-state index in [2.05, 4.69) is 28.1 Å². The highest BCUT2D eigenvalue weighted by Crippen LogP contribution is 2.23. The molecule has 15 heavy (non-hydrogen) atoms. The molecule has 1 rings (SSSR count). The van der Waals surface area contributed by atoms with Gasteiger partial charge in [0.05, 0.1) is 13.7 Å². The quantitative estimate of drug-likeness (QED) is 0.766. The second-order valence-electron chi connectivity index (χ2n) is 3.09. The van der Waals surface area contributed by atoms with Crippen LogP contribution in [0.5, 0.6) is 5.75 Å². The number of allylic oxidation sites excluding steroid dienone is 1. The van der Waals surface area contributed by atoms with Crippen molar-refractivity contribution in [2.24, 2.45) is 0 Å². The maximum absolute atomic E-state index is 5.27. The molecule has 1 aromatic carbocycles. The fourth-order valence-electron chi connectivity index (χ4n) is 1.28. The van der Waals surface area contributed by atoms with Crippen molar-refractivity contribution in [3.05, 3.63) is 40.4 Å². The Morgan fingerprint density at radius 1 is 1.27 bits per heavy atom. The summed E-state index contributed by atoms with van der Waals surface area (Å²) in [6, 6.07) is 6.00. The zero-order valence-electron chi connectivity index (χ0n) is 9.00. The predicted octanol–water partition coefficient (Wildman–Crippen LogP) is 3.20. The van der Waals surface area contributed by atoms with Crippen molar-refractivity contribution in [3.8, 4) is 5.75 Å². The summed E-state index contributed by atoms with van der Waals surface area (Å²) in [6.45, 7) is 0.649. The molecule has 0 aliphatic heterocycles. The molecule has 0 atom stereocenters. The number of halogens is 1. The van der Waals surface area contributed by atoms with E-state index in [1.807, 2.05) is 18.2 Å². The molecule has 0 spiro atoms. The maximum atomic E-state index is 5.27. The summed E-state index contributed by atoms with van der Waals surface area (Å²) in [7, 11) is 3.37. The molecule has 0 amide bonds. The first-order valence-corrected chi connectivity index (χ1v) is 5.53. The minimum Gasteiger partial charge on any atom is -0.496 e. The van der Waals surface area contributed by atoms with Crippen LogP contribution < -0.4 is 4.74 Å². The highest BCUT2D eigenvalue weighted by Gasteiger charge is 2.01. The molecule has 0 saturated carbocycles. The van der Waals surface area contributed by atoms with Gasteiger partial charge in [0.25, 0.3) is 0 Å². The van der Waals surface area contributed by atoms with Crippen LogP contribution in [0.4, 0.5) is 0 Å². The first-order chi connectivity index (χ1) is 7.27. The van der Waals surface area contributed by atoms with Crippen LogP contribution in [0.3, 0.4) is 0 Å². The van der Waals surface area contributed by atoms with Crippen LogP contribution in [0, 0.1) is 0 Å². The van der Waals surface area contributed by atoms with E-state index in [0.29, 0.717) is 6.61 Å². The van der Waals surface area contributed by atoms with Crippen LogP contribution in [-0.2, 0) is 11.2 Å². The van der Waals surface area contributed by atoms with Crippen LogP contribution >= 0.6 is 15.9 Å². The van der Waals surface area contributed by atoms with Gasteiger partial charge >= 0.3 is 0 Å². The second kappa shape index (κ2) is 6.64. The topological polar surface area (TPSA) is 18.5 Å². The first-order valence-electron chi connectivity index (χ1n) is 4.74. The Balaban J connectivity index is 2.69. The Morgan fingerprint density at radius 2 is 2.07 bits per heavy atom. The van der Waals surface area contributed by atoms with E-state index < -0.39 is 0 Å². The molecular weight excluding hydrogens is 256 g/mol. The zero-order chi connectivity index (χ0) is 11.1. The van der Waals surface area contributed by atoms with Gasteiger partial charge in [-0.15, -0.1) is 0 Å². The second-order valence-corrected chi connectivity index (χ2v) is 4.00. The largest absolute Gasteiger partial charge is 0.496 e. The number of methoxy groups -OCH3 is 2. The van der Waals surface area contributed by atoms with Crippen molar-refractivity contribution in [1.29, 1.82) is 0 Å². The molecule has 0 fully saturated rings. The lowest BCUT2D eigenvalue weighted by Gasteiger charge is -2.06. The highest BCUT2D eigenvalue weighted by molar-refractivity contribution is 9.10. The lowest BCUT2D eigenvalue weighted by atomic mass is 10.1. The van der Waals surface area contributed by atoms with E-state index in [9.17, 15) is 0 Å². The summed E-state index contributed by atoms with van der Waals surface area (Å²) in [5.41, 5.74) is 1.17. The van der Waals surface area contributed by atoms with E-state index in [0.717, 1.165) is 16.6 Å². The molecule has 0 radical (unpaired) electrons. The van der Waals surface area contributed by atoms with Crippen molar-refractivity contribution in [3.63, 3.8) is 0 Å². The third-order valence-corrected chi connectivity index (χ3v) is 2.50. The van der Waals surface area contributed by atoms with Crippen molar-refractivity contribution in [1.82, 2.24) is 0 Å².